The Balaban J connectivity index is 1.20. The highest BCUT2D eigenvalue weighted by Crippen LogP contribution is 2.52. The number of nitrogens with zero attached hydrogens (tertiary/aromatic N) is 2. The first kappa shape index (κ1) is 50.3. The van der Waals surface area contributed by atoms with Crippen LogP contribution in [0.15, 0.2) is 28.8 Å². The molecule has 3 fully saturated rings. The molecule has 0 unspecified atom stereocenters. The Kier molecular flexibility index (Phi) is 16.5. The molecule has 63 heavy (non-hydrogen) atoms. The average molecular weight is 899 g/mol. The summed E-state index contributed by atoms with van der Waals surface area (Å²) in [5, 5.41) is 27.9. The summed E-state index contributed by atoms with van der Waals surface area (Å²) in [6, 6.07) is 4.85. The van der Waals surface area contributed by atoms with Gasteiger partial charge in [0.15, 0.2) is 11.5 Å². The Hall–Kier alpha value is -3.66. The van der Waals surface area contributed by atoms with E-state index >= 15 is 0 Å². The van der Waals surface area contributed by atoms with Gasteiger partial charge in [-0.25, -0.2) is 9.59 Å². The van der Waals surface area contributed by atoms with E-state index in [-0.39, 0.29) is 45.8 Å². The van der Waals surface area contributed by atoms with Gasteiger partial charge in [-0.3, -0.25) is 14.4 Å². The first-order valence-electron chi connectivity index (χ1n) is 22.9. The molecule has 0 aliphatic carbocycles. The Bertz CT molecular complexity index is 1880. The number of aryl methyl sites for hydroxylation is 1. The van der Waals surface area contributed by atoms with Gasteiger partial charge in [-0.15, -0.1) is 11.8 Å². The molecule has 1 aromatic carbocycles. The lowest BCUT2D eigenvalue weighted by Gasteiger charge is -2.46. The molecule has 4 aliphatic heterocycles. The van der Waals surface area contributed by atoms with Gasteiger partial charge in [0.25, 0.3) is 5.91 Å². The van der Waals surface area contributed by atoms with Gasteiger partial charge in [-0.2, -0.15) is 0 Å². The second kappa shape index (κ2) is 20.7. The third-order valence-corrected chi connectivity index (χ3v) is 15.5. The Morgan fingerprint density at radius 2 is 1.73 bits per heavy atom. The third-order valence-electron chi connectivity index (χ3n) is 14.0. The highest BCUT2D eigenvalue weighted by atomic mass is 32.2. The number of benzene rings is 1. The topological polar surface area (TPSA) is 184 Å². The normalized spacial score (nSPS) is 25.0. The van der Waals surface area contributed by atoms with Crippen LogP contribution in [-0.4, -0.2) is 125 Å². The standard InChI is InChI=1S/C48H74N4O10S/c1-12-47(6,7)41(54)43(56)51-22-14-13-15-34(51)45(59)62-32(18-16-30-17-19-35(60-10)36(23-30)61-11)25-46(4,5)20-21-48(8,9)50-26-31-24-33(27-49-31)63-40-28(2)38-37(29(3)53)42(55)52(38)39(40)44(57)58/h17,19,23,28-29,31-34,37-38,49-50,53H,12-16,18,20-22,24-27H2,1-11H3,(H,57,58)/t28-,29-,31+,32-,33+,34+,37-,38-/m1/s1. The van der Waals surface area contributed by atoms with Gasteiger partial charge < -0.3 is 44.9 Å². The van der Waals surface area contributed by atoms with E-state index in [2.05, 4.69) is 38.3 Å². The van der Waals surface area contributed by atoms with Crippen LogP contribution in [-0.2, 0) is 35.1 Å². The second-order valence-corrected chi connectivity index (χ2v) is 21.7. The lowest BCUT2D eigenvalue weighted by molar-refractivity contribution is -0.165. The Labute approximate surface area is 379 Å². The van der Waals surface area contributed by atoms with Crippen molar-refractivity contribution in [3.8, 4) is 11.5 Å². The molecule has 0 saturated carbocycles. The van der Waals surface area contributed by atoms with Crippen molar-refractivity contribution in [2.24, 2.45) is 22.7 Å². The predicted octanol–water partition coefficient (Wildman–Crippen LogP) is 6.12. The Morgan fingerprint density at radius 3 is 2.37 bits per heavy atom. The monoisotopic (exact) mass is 899 g/mol. The molecule has 3 saturated heterocycles. The van der Waals surface area contributed by atoms with Crippen LogP contribution in [0.25, 0.3) is 0 Å². The average Bonchev–Trinajstić information content (AvgIpc) is 3.79. The molecule has 0 bridgehead atoms. The van der Waals surface area contributed by atoms with Crippen LogP contribution < -0.4 is 20.1 Å². The summed E-state index contributed by atoms with van der Waals surface area (Å²) in [7, 11) is 3.20. The van der Waals surface area contributed by atoms with Crippen LogP contribution in [0.1, 0.15) is 126 Å². The maximum absolute atomic E-state index is 14.1. The maximum atomic E-state index is 14.1. The zero-order valence-corrected chi connectivity index (χ0v) is 40.3. The van der Waals surface area contributed by atoms with E-state index in [4.69, 9.17) is 14.2 Å². The first-order valence-corrected chi connectivity index (χ1v) is 23.8. The van der Waals surface area contributed by atoms with E-state index in [0.717, 1.165) is 55.7 Å². The number of methoxy groups -OCH3 is 2. The fourth-order valence-corrected chi connectivity index (χ4v) is 11.1. The molecule has 0 aromatic heterocycles. The van der Waals surface area contributed by atoms with Crippen LogP contribution >= 0.6 is 11.8 Å². The number of hydrogen-bond donors (Lipinski definition) is 4. The van der Waals surface area contributed by atoms with E-state index in [1.165, 1.54) is 9.80 Å². The lowest BCUT2D eigenvalue weighted by Crippen LogP contribution is -2.63. The van der Waals surface area contributed by atoms with E-state index in [1.807, 2.05) is 32.0 Å². The van der Waals surface area contributed by atoms with Crippen LogP contribution in [0.3, 0.4) is 0 Å². The predicted molar refractivity (Wildman–Crippen MR) is 243 cm³/mol. The zero-order valence-electron chi connectivity index (χ0n) is 39.5. The van der Waals surface area contributed by atoms with Gasteiger partial charge in [0, 0.05) is 52.7 Å². The number of carbonyl (C=O) groups is 5. The number of amides is 2. The molecule has 2 amide bonds. The highest BCUT2D eigenvalue weighted by Gasteiger charge is 2.60. The van der Waals surface area contributed by atoms with Crippen LogP contribution in [0.4, 0.5) is 0 Å². The molecule has 352 valence electrons. The van der Waals surface area contributed by atoms with Crippen molar-refractivity contribution in [1.82, 2.24) is 20.4 Å². The maximum Gasteiger partial charge on any atom is 0.353 e. The number of aliphatic carboxylic acids is 1. The van der Waals surface area contributed by atoms with Crippen molar-refractivity contribution in [3.05, 3.63) is 34.4 Å². The SMILES string of the molecule is CCC(C)(C)C(=O)C(=O)N1CCCC[C@H]1C(=O)O[C@H](CCc1ccc(OC)c(OC)c1)CC(C)(C)CCC(C)(C)NC[C@@H]1C[C@H](SC2=C(C(=O)O)N3C(=O)[C@H]([C@@H](C)O)[C@H]3[C@H]2C)CN1. The van der Waals surface area contributed by atoms with Crippen molar-refractivity contribution in [2.45, 2.75) is 168 Å². The van der Waals surface area contributed by atoms with E-state index < -0.39 is 53.2 Å². The molecule has 4 heterocycles. The van der Waals surface area contributed by atoms with E-state index in [1.54, 1.807) is 46.8 Å². The van der Waals surface area contributed by atoms with Crippen molar-refractivity contribution in [1.29, 1.82) is 0 Å². The van der Waals surface area contributed by atoms with Crippen molar-refractivity contribution < 1.29 is 48.4 Å². The number of hydrogen-bond acceptors (Lipinski definition) is 12. The minimum Gasteiger partial charge on any atom is -0.493 e. The smallest absolute Gasteiger partial charge is 0.353 e. The first-order chi connectivity index (χ1) is 29.5. The number of ketones is 1. The van der Waals surface area contributed by atoms with Gasteiger partial charge in [0.2, 0.25) is 11.7 Å². The number of likely N-dealkylation sites (tertiary alicyclic amines) is 1. The quantitative estimate of drug-likeness (QED) is 0.0594. The summed E-state index contributed by atoms with van der Waals surface area (Å²) in [6.07, 6.45) is 5.50. The number of Topliss-reactive ketones (excluding diaryl/α,β-unsaturated/α-hetero) is 1. The van der Waals surface area contributed by atoms with E-state index in [0.29, 0.717) is 50.1 Å². The molecular weight excluding hydrogens is 825 g/mol. The summed E-state index contributed by atoms with van der Waals surface area (Å²) < 4.78 is 17.4. The van der Waals surface area contributed by atoms with Gasteiger partial charge in [-0.1, -0.05) is 47.6 Å². The summed E-state index contributed by atoms with van der Waals surface area (Å²) in [6.45, 7) is 19.5. The highest BCUT2D eigenvalue weighted by molar-refractivity contribution is 8.03. The second-order valence-electron chi connectivity index (χ2n) is 20.3. The van der Waals surface area contributed by atoms with Crippen LogP contribution in [0.2, 0.25) is 0 Å². The largest absolute Gasteiger partial charge is 0.493 e. The molecule has 5 rings (SSSR count). The molecule has 1 aromatic rings. The van der Waals surface area contributed by atoms with E-state index in [9.17, 15) is 34.2 Å². The molecular formula is C48H74N4O10S. The summed E-state index contributed by atoms with van der Waals surface area (Å²) in [5.41, 5.74) is -0.187. The van der Waals surface area contributed by atoms with Crippen LogP contribution in [0, 0.1) is 22.7 Å². The van der Waals surface area contributed by atoms with Gasteiger partial charge >= 0.3 is 11.9 Å². The zero-order chi connectivity index (χ0) is 46.6. The molecule has 0 spiro atoms. The number of carboxylic acids is 1. The number of ether oxygens (including phenoxy) is 3. The molecule has 4 N–H and O–H groups in total. The Morgan fingerprint density at radius 1 is 1.03 bits per heavy atom. The van der Waals surface area contributed by atoms with Crippen molar-refractivity contribution >= 4 is 41.3 Å². The number of rotatable bonds is 22. The summed E-state index contributed by atoms with van der Waals surface area (Å²) in [4.78, 5) is 69.7. The molecule has 15 heteroatoms. The number of thioether (sulfide) groups is 1. The fraction of sp³-hybridized carbons (Fsp3) is 0.729. The number of esters is 1. The number of aliphatic hydroxyl groups is 1. The summed E-state index contributed by atoms with van der Waals surface area (Å²) >= 11 is 1.55. The molecule has 8 atom stereocenters. The number of carboxylic acid groups (broad SMARTS) is 1. The third kappa shape index (κ3) is 11.8. The number of carbonyl (C=O) groups excluding carboxylic acids is 4. The number of β-lactam (4-membered cyclic amide) rings is 1. The lowest BCUT2D eigenvalue weighted by atomic mass is 9.78. The number of nitrogens with one attached hydrogen (secondary N) is 2. The van der Waals surface area contributed by atoms with Gasteiger partial charge in [0.05, 0.1) is 32.3 Å². The molecule has 14 nitrogen and oxygen atoms in total. The molecule has 4 aliphatic rings. The van der Waals surface area contributed by atoms with Gasteiger partial charge in [-0.05, 0) is 108 Å². The summed E-state index contributed by atoms with van der Waals surface area (Å²) in [5.74, 6) is -2.44. The van der Waals surface area contributed by atoms with Crippen molar-refractivity contribution in [2.75, 3.05) is 33.9 Å². The van der Waals surface area contributed by atoms with Crippen molar-refractivity contribution in [3.63, 3.8) is 0 Å². The number of aliphatic hydroxyl groups excluding tert-OH is 1. The van der Waals surface area contributed by atoms with Crippen LogP contribution in [0.5, 0.6) is 11.5 Å². The fourth-order valence-electron chi connectivity index (χ4n) is 9.55. The minimum atomic E-state index is -1.10. The van der Waals surface area contributed by atoms with Gasteiger partial charge in [0.1, 0.15) is 17.8 Å². The minimum absolute atomic E-state index is 0.0665. The number of piperidine rings is 1. The number of fused-ring (bicyclic) bond motifs is 1. The molecule has 0 radical (unpaired) electrons.